The number of rotatable bonds is 9. The molecule has 0 aliphatic carbocycles. The van der Waals surface area contributed by atoms with Crippen molar-refractivity contribution in [3.05, 3.63) is 94.5 Å². The van der Waals surface area contributed by atoms with E-state index in [2.05, 4.69) is 10.5 Å². The standard InChI is InChI=1S/C24H23ClN2O3/c1-2-29-21-13-11-18(12-14-21)15-24(28)27-26-16-19-7-4-6-10-23(19)30-17-20-8-3-5-9-22(20)25/h3-14,16H,2,15,17H2,1H3,(H,27,28)/b26-16+. The van der Waals surface area contributed by atoms with E-state index >= 15 is 0 Å². The van der Waals surface area contributed by atoms with E-state index in [4.69, 9.17) is 21.1 Å². The average Bonchev–Trinajstić information content (AvgIpc) is 2.75. The second-order valence-electron chi connectivity index (χ2n) is 6.46. The van der Waals surface area contributed by atoms with Gasteiger partial charge in [0.05, 0.1) is 19.2 Å². The summed E-state index contributed by atoms with van der Waals surface area (Å²) in [5, 5.41) is 4.72. The van der Waals surface area contributed by atoms with Crippen LogP contribution in [0.3, 0.4) is 0 Å². The van der Waals surface area contributed by atoms with Crippen molar-refractivity contribution < 1.29 is 14.3 Å². The molecule has 0 aliphatic heterocycles. The van der Waals surface area contributed by atoms with Crippen LogP contribution in [-0.4, -0.2) is 18.7 Å². The van der Waals surface area contributed by atoms with Crippen LogP contribution in [0, 0.1) is 0 Å². The number of ether oxygens (including phenoxy) is 2. The fourth-order valence-corrected chi connectivity index (χ4v) is 2.95. The maximum atomic E-state index is 12.1. The lowest BCUT2D eigenvalue weighted by Gasteiger charge is -2.10. The van der Waals surface area contributed by atoms with E-state index in [0.29, 0.717) is 24.0 Å². The molecule has 0 aromatic heterocycles. The minimum absolute atomic E-state index is 0.204. The van der Waals surface area contributed by atoms with Gasteiger partial charge in [-0.2, -0.15) is 5.10 Å². The summed E-state index contributed by atoms with van der Waals surface area (Å²) in [5.41, 5.74) is 5.09. The van der Waals surface area contributed by atoms with Crippen LogP contribution in [0.15, 0.2) is 77.9 Å². The topological polar surface area (TPSA) is 59.9 Å². The molecule has 154 valence electrons. The number of amides is 1. The number of para-hydroxylation sites is 1. The molecule has 3 aromatic rings. The van der Waals surface area contributed by atoms with Gasteiger partial charge >= 0.3 is 0 Å². The summed E-state index contributed by atoms with van der Waals surface area (Å²) in [5.74, 6) is 1.24. The Balaban J connectivity index is 1.55. The Kier molecular flexibility index (Phi) is 7.86. The summed E-state index contributed by atoms with van der Waals surface area (Å²) in [6.45, 7) is 2.88. The Morgan fingerprint density at radius 2 is 1.73 bits per heavy atom. The molecular weight excluding hydrogens is 400 g/mol. The van der Waals surface area contributed by atoms with E-state index in [1.807, 2.05) is 79.7 Å². The van der Waals surface area contributed by atoms with Crippen molar-refractivity contribution in [1.82, 2.24) is 5.43 Å². The first-order valence-electron chi connectivity index (χ1n) is 9.64. The van der Waals surface area contributed by atoms with Gasteiger partial charge in [-0.05, 0) is 42.8 Å². The van der Waals surface area contributed by atoms with Crippen LogP contribution in [0.25, 0.3) is 0 Å². The van der Waals surface area contributed by atoms with E-state index in [1.165, 1.54) is 0 Å². The largest absolute Gasteiger partial charge is 0.494 e. The van der Waals surface area contributed by atoms with E-state index in [0.717, 1.165) is 22.4 Å². The van der Waals surface area contributed by atoms with E-state index in [1.54, 1.807) is 6.21 Å². The minimum Gasteiger partial charge on any atom is -0.494 e. The summed E-state index contributed by atoms with van der Waals surface area (Å²) in [7, 11) is 0. The van der Waals surface area contributed by atoms with Crippen LogP contribution in [0.5, 0.6) is 11.5 Å². The predicted molar refractivity (Wildman–Crippen MR) is 119 cm³/mol. The molecule has 0 spiro atoms. The average molecular weight is 423 g/mol. The monoisotopic (exact) mass is 422 g/mol. The first kappa shape index (κ1) is 21.4. The molecule has 5 nitrogen and oxygen atoms in total. The molecule has 3 aromatic carbocycles. The van der Waals surface area contributed by atoms with Gasteiger partial charge in [0.2, 0.25) is 5.91 Å². The second-order valence-corrected chi connectivity index (χ2v) is 6.87. The number of benzene rings is 3. The van der Waals surface area contributed by atoms with Crippen molar-refractivity contribution in [3.63, 3.8) is 0 Å². The SMILES string of the molecule is CCOc1ccc(CC(=O)N/N=C/c2ccccc2OCc2ccccc2Cl)cc1. The van der Waals surface area contributed by atoms with Gasteiger partial charge in [0.25, 0.3) is 0 Å². The molecule has 0 heterocycles. The van der Waals surface area contributed by atoms with Gasteiger partial charge in [0, 0.05) is 16.1 Å². The molecule has 1 amide bonds. The highest BCUT2D eigenvalue weighted by atomic mass is 35.5. The van der Waals surface area contributed by atoms with Crippen molar-refractivity contribution in [2.24, 2.45) is 5.10 Å². The molecule has 0 unspecified atom stereocenters. The molecule has 6 heteroatoms. The van der Waals surface area contributed by atoms with Gasteiger partial charge in [-0.3, -0.25) is 4.79 Å². The van der Waals surface area contributed by atoms with E-state index in [-0.39, 0.29) is 12.3 Å². The number of halogens is 1. The number of nitrogens with one attached hydrogen (secondary N) is 1. The van der Waals surface area contributed by atoms with Crippen LogP contribution in [-0.2, 0) is 17.8 Å². The first-order valence-corrected chi connectivity index (χ1v) is 10.0. The highest BCUT2D eigenvalue weighted by Crippen LogP contribution is 2.21. The normalized spacial score (nSPS) is 10.7. The molecule has 0 aliphatic rings. The zero-order valence-electron chi connectivity index (χ0n) is 16.7. The third-order valence-electron chi connectivity index (χ3n) is 4.25. The first-order chi connectivity index (χ1) is 14.7. The van der Waals surface area contributed by atoms with Crippen LogP contribution >= 0.6 is 11.6 Å². The second kappa shape index (κ2) is 11.0. The number of carbonyl (C=O) groups is 1. The van der Waals surface area contributed by atoms with Crippen LogP contribution in [0.2, 0.25) is 5.02 Å². The fraction of sp³-hybridized carbons (Fsp3) is 0.167. The maximum absolute atomic E-state index is 12.1. The number of nitrogens with zero attached hydrogens (tertiary/aromatic N) is 1. The Hall–Kier alpha value is -3.31. The molecule has 0 saturated carbocycles. The predicted octanol–water partition coefficient (Wildman–Crippen LogP) is 5.01. The molecule has 0 saturated heterocycles. The Labute approximate surface area is 181 Å². The Morgan fingerprint density at radius 1 is 1.00 bits per heavy atom. The third-order valence-corrected chi connectivity index (χ3v) is 4.62. The lowest BCUT2D eigenvalue weighted by molar-refractivity contribution is -0.120. The Bertz CT molecular complexity index is 1000. The van der Waals surface area contributed by atoms with Gasteiger partial charge in [-0.15, -0.1) is 0 Å². The summed E-state index contributed by atoms with van der Waals surface area (Å²) in [6, 6.07) is 22.4. The minimum atomic E-state index is -0.204. The number of carbonyl (C=O) groups excluding carboxylic acids is 1. The molecule has 0 bridgehead atoms. The zero-order chi connectivity index (χ0) is 21.2. The van der Waals surface area contributed by atoms with E-state index < -0.39 is 0 Å². The molecule has 0 fully saturated rings. The number of hydrazone groups is 1. The number of hydrogen-bond donors (Lipinski definition) is 1. The summed E-state index contributed by atoms with van der Waals surface area (Å²) >= 11 is 6.18. The summed E-state index contributed by atoms with van der Waals surface area (Å²) in [6.07, 6.45) is 1.80. The van der Waals surface area contributed by atoms with E-state index in [9.17, 15) is 4.79 Å². The highest BCUT2D eigenvalue weighted by Gasteiger charge is 2.05. The molecule has 0 atom stereocenters. The molecule has 1 N–H and O–H groups in total. The van der Waals surface area contributed by atoms with Crippen molar-refractivity contribution in [3.8, 4) is 11.5 Å². The quantitative estimate of drug-likeness (QED) is 0.389. The molecule has 0 radical (unpaired) electrons. The van der Waals surface area contributed by atoms with Crippen molar-refractivity contribution in [2.75, 3.05) is 6.61 Å². The van der Waals surface area contributed by atoms with Crippen molar-refractivity contribution in [2.45, 2.75) is 20.0 Å². The van der Waals surface area contributed by atoms with Crippen molar-refractivity contribution >= 4 is 23.7 Å². The van der Waals surface area contributed by atoms with Crippen molar-refractivity contribution in [1.29, 1.82) is 0 Å². The maximum Gasteiger partial charge on any atom is 0.244 e. The number of hydrogen-bond acceptors (Lipinski definition) is 4. The zero-order valence-corrected chi connectivity index (χ0v) is 17.4. The van der Waals surface area contributed by atoms with Gasteiger partial charge in [-0.25, -0.2) is 5.43 Å². The van der Waals surface area contributed by atoms with Crippen LogP contribution < -0.4 is 14.9 Å². The highest BCUT2D eigenvalue weighted by molar-refractivity contribution is 6.31. The van der Waals surface area contributed by atoms with Gasteiger partial charge < -0.3 is 9.47 Å². The van der Waals surface area contributed by atoms with Crippen LogP contribution in [0.1, 0.15) is 23.6 Å². The molecule has 30 heavy (non-hydrogen) atoms. The molecular formula is C24H23ClN2O3. The van der Waals surface area contributed by atoms with Gasteiger partial charge in [0.15, 0.2) is 0 Å². The summed E-state index contributed by atoms with van der Waals surface area (Å²) < 4.78 is 11.3. The lowest BCUT2D eigenvalue weighted by atomic mass is 10.1. The van der Waals surface area contributed by atoms with Crippen LogP contribution in [0.4, 0.5) is 0 Å². The molecule has 3 rings (SSSR count). The fourth-order valence-electron chi connectivity index (χ4n) is 2.76. The van der Waals surface area contributed by atoms with Gasteiger partial charge in [0.1, 0.15) is 18.1 Å². The smallest absolute Gasteiger partial charge is 0.244 e. The third kappa shape index (κ3) is 6.36. The van der Waals surface area contributed by atoms with Gasteiger partial charge in [-0.1, -0.05) is 54.1 Å². The summed E-state index contributed by atoms with van der Waals surface area (Å²) in [4.78, 5) is 12.1. The lowest BCUT2D eigenvalue weighted by Crippen LogP contribution is -2.19. The Morgan fingerprint density at radius 3 is 2.50 bits per heavy atom.